The molecule has 0 unspecified atom stereocenters. The molecule has 0 spiro atoms. The van der Waals surface area contributed by atoms with Gasteiger partial charge in [0.15, 0.2) is 11.6 Å². The molecule has 0 radical (unpaired) electrons. The van der Waals surface area contributed by atoms with E-state index in [1.807, 2.05) is 0 Å². The maximum absolute atomic E-state index is 14.0. The minimum atomic E-state index is -3.54. The number of halogens is 2. The molecule has 0 bridgehead atoms. The fraction of sp³-hybridized carbons (Fsp3) is 0.0556. The van der Waals surface area contributed by atoms with Crippen LogP contribution in [-0.4, -0.2) is 18.5 Å². The Morgan fingerprint density at radius 3 is 2.62 bits per heavy atom. The molecule has 8 heteroatoms. The molecule has 26 heavy (non-hydrogen) atoms. The number of fused-ring (bicyclic) bond motifs is 2. The molecule has 0 fully saturated rings. The summed E-state index contributed by atoms with van der Waals surface area (Å²) < 4.78 is 51.7. The number of anilines is 2. The van der Waals surface area contributed by atoms with E-state index < -0.39 is 27.2 Å². The van der Waals surface area contributed by atoms with Gasteiger partial charge in [-0.1, -0.05) is 0 Å². The van der Waals surface area contributed by atoms with Crippen molar-refractivity contribution in [3.05, 3.63) is 59.1 Å². The first kappa shape index (κ1) is 16.5. The Kier molecular flexibility index (Phi) is 3.48. The van der Waals surface area contributed by atoms with Crippen LogP contribution in [0, 0.1) is 11.6 Å². The largest absolute Gasteiger partial charge is 0.505 e. The number of phenols is 1. The Morgan fingerprint density at radius 2 is 1.85 bits per heavy atom. The first-order valence-corrected chi connectivity index (χ1v) is 9.12. The summed E-state index contributed by atoms with van der Waals surface area (Å²) in [5.74, 6) is -2.66. The zero-order chi connectivity index (χ0) is 18.6. The van der Waals surface area contributed by atoms with Gasteiger partial charge in [-0.3, -0.25) is 4.98 Å². The maximum Gasteiger partial charge on any atom is 0.200 e. The minimum absolute atomic E-state index is 0.144. The third kappa shape index (κ3) is 2.50. The van der Waals surface area contributed by atoms with Crippen LogP contribution in [-0.2, 0) is 9.84 Å². The van der Waals surface area contributed by atoms with Crippen molar-refractivity contribution in [2.24, 2.45) is 0 Å². The smallest absolute Gasteiger partial charge is 0.200 e. The van der Waals surface area contributed by atoms with Gasteiger partial charge in [0.2, 0.25) is 9.84 Å². The van der Waals surface area contributed by atoms with Gasteiger partial charge in [0.05, 0.1) is 16.1 Å². The summed E-state index contributed by atoms with van der Waals surface area (Å²) >= 11 is 0. The van der Waals surface area contributed by atoms with Crippen LogP contribution in [0.2, 0.25) is 0 Å². The SMILES string of the molecule is CC1=CS(=O)(=O)c2cc3c(Nc4cc(O)c(F)cc4F)ccnc3cc21. The van der Waals surface area contributed by atoms with Crippen molar-refractivity contribution in [1.82, 2.24) is 4.98 Å². The zero-order valence-electron chi connectivity index (χ0n) is 13.4. The van der Waals surface area contributed by atoms with Crippen LogP contribution in [0.25, 0.3) is 16.5 Å². The van der Waals surface area contributed by atoms with Crippen molar-refractivity contribution in [3.8, 4) is 5.75 Å². The van der Waals surface area contributed by atoms with Crippen LogP contribution in [0.15, 0.2) is 46.8 Å². The van der Waals surface area contributed by atoms with E-state index in [-0.39, 0.29) is 10.6 Å². The summed E-state index contributed by atoms with van der Waals surface area (Å²) in [6.45, 7) is 1.70. The molecule has 0 saturated carbocycles. The molecule has 0 saturated heterocycles. The summed E-state index contributed by atoms with van der Waals surface area (Å²) in [6.07, 6.45) is 1.49. The Hall–Kier alpha value is -3.00. The summed E-state index contributed by atoms with van der Waals surface area (Å²) in [5, 5.41) is 13.9. The molecule has 132 valence electrons. The van der Waals surface area contributed by atoms with Crippen molar-refractivity contribution in [3.63, 3.8) is 0 Å². The van der Waals surface area contributed by atoms with Crippen molar-refractivity contribution in [2.45, 2.75) is 11.8 Å². The summed E-state index contributed by atoms with van der Waals surface area (Å²) in [7, 11) is -3.54. The lowest BCUT2D eigenvalue weighted by Crippen LogP contribution is -1.99. The van der Waals surface area contributed by atoms with Crippen molar-refractivity contribution < 1.29 is 22.3 Å². The van der Waals surface area contributed by atoms with Gasteiger partial charge in [0.1, 0.15) is 5.82 Å². The molecule has 0 atom stereocenters. The van der Waals surface area contributed by atoms with Crippen LogP contribution < -0.4 is 5.32 Å². The Balaban J connectivity index is 1.89. The van der Waals surface area contributed by atoms with Gasteiger partial charge in [0, 0.05) is 34.8 Å². The molecule has 2 N–H and O–H groups in total. The Labute approximate surface area is 147 Å². The van der Waals surface area contributed by atoms with Gasteiger partial charge in [0.25, 0.3) is 0 Å². The molecule has 2 heterocycles. The second-order valence-corrected chi connectivity index (χ2v) is 7.74. The van der Waals surface area contributed by atoms with E-state index in [1.165, 1.54) is 23.7 Å². The van der Waals surface area contributed by atoms with Gasteiger partial charge >= 0.3 is 0 Å². The lowest BCUT2D eigenvalue weighted by Gasteiger charge is -2.12. The van der Waals surface area contributed by atoms with Crippen molar-refractivity contribution in [1.29, 1.82) is 0 Å². The predicted molar refractivity (Wildman–Crippen MR) is 93.9 cm³/mol. The van der Waals surface area contributed by atoms with Crippen LogP contribution >= 0.6 is 0 Å². The highest BCUT2D eigenvalue weighted by atomic mass is 32.2. The van der Waals surface area contributed by atoms with Gasteiger partial charge in [-0.05, 0) is 36.3 Å². The molecule has 0 amide bonds. The summed E-state index contributed by atoms with van der Waals surface area (Å²) in [5.41, 5.74) is 1.95. The highest BCUT2D eigenvalue weighted by Gasteiger charge is 2.26. The lowest BCUT2D eigenvalue weighted by atomic mass is 10.1. The second-order valence-electron chi connectivity index (χ2n) is 5.98. The van der Waals surface area contributed by atoms with E-state index in [2.05, 4.69) is 10.3 Å². The predicted octanol–water partition coefficient (Wildman–Crippen LogP) is 4.11. The number of phenolic OH excluding ortho intramolecular Hbond substituents is 1. The van der Waals surface area contributed by atoms with Gasteiger partial charge in [-0.15, -0.1) is 0 Å². The number of nitrogens with one attached hydrogen (secondary N) is 1. The van der Waals surface area contributed by atoms with E-state index in [9.17, 15) is 22.3 Å². The van der Waals surface area contributed by atoms with Gasteiger partial charge in [-0.2, -0.15) is 0 Å². The van der Waals surface area contributed by atoms with Gasteiger partial charge < -0.3 is 10.4 Å². The number of sulfone groups is 1. The standard InChI is InChI=1S/C18H12F2N2O3S/c1-9-8-26(24,25)18-5-11-14(2-3-21-15(11)4-10(9)18)22-16-7-17(23)13(20)6-12(16)19/h2-8,23H,1H3,(H,21,22). The highest BCUT2D eigenvalue weighted by Crippen LogP contribution is 2.38. The van der Waals surface area contributed by atoms with Crippen molar-refractivity contribution >= 4 is 37.7 Å². The fourth-order valence-electron chi connectivity index (χ4n) is 2.96. The first-order chi connectivity index (χ1) is 12.3. The van der Waals surface area contributed by atoms with Crippen LogP contribution in [0.5, 0.6) is 5.75 Å². The average Bonchev–Trinajstić information content (AvgIpc) is 2.80. The Bertz CT molecular complexity index is 1220. The number of aromatic nitrogens is 1. The molecule has 1 aliphatic rings. The second kappa shape index (κ2) is 5.50. The fourth-order valence-corrected chi connectivity index (χ4v) is 4.49. The number of allylic oxidation sites excluding steroid dienone is 1. The number of rotatable bonds is 2. The quantitative estimate of drug-likeness (QED) is 0.706. The van der Waals surface area contributed by atoms with Crippen LogP contribution in [0.3, 0.4) is 0 Å². The summed E-state index contributed by atoms with van der Waals surface area (Å²) in [4.78, 5) is 4.39. The van der Waals surface area contributed by atoms with Crippen LogP contribution in [0.1, 0.15) is 12.5 Å². The first-order valence-electron chi connectivity index (χ1n) is 7.58. The number of aromatic hydroxyl groups is 1. The molecule has 0 aliphatic carbocycles. The molecule has 4 rings (SSSR count). The van der Waals surface area contributed by atoms with Crippen LogP contribution in [0.4, 0.5) is 20.2 Å². The molecule has 1 aliphatic heterocycles. The number of pyridine rings is 1. The minimum Gasteiger partial charge on any atom is -0.505 e. The number of nitrogens with zero attached hydrogens (tertiary/aromatic N) is 1. The normalized spacial score (nSPS) is 15.0. The Morgan fingerprint density at radius 1 is 1.08 bits per heavy atom. The molecule has 3 aromatic rings. The van der Waals surface area contributed by atoms with E-state index >= 15 is 0 Å². The molecular formula is C18H12F2N2O3S. The third-order valence-electron chi connectivity index (χ3n) is 4.21. The van der Waals surface area contributed by atoms with E-state index in [4.69, 9.17) is 0 Å². The van der Waals surface area contributed by atoms with E-state index in [1.54, 1.807) is 13.0 Å². The zero-order valence-corrected chi connectivity index (χ0v) is 14.2. The number of hydrogen-bond acceptors (Lipinski definition) is 5. The van der Waals surface area contributed by atoms with E-state index in [0.717, 1.165) is 6.07 Å². The average molecular weight is 374 g/mol. The molecule has 1 aromatic heterocycles. The summed E-state index contributed by atoms with van der Waals surface area (Å²) in [6, 6.07) is 6.16. The lowest BCUT2D eigenvalue weighted by molar-refractivity contribution is 0.428. The molecule has 2 aromatic carbocycles. The molecular weight excluding hydrogens is 362 g/mol. The number of hydrogen-bond donors (Lipinski definition) is 2. The third-order valence-corrected chi connectivity index (χ3v) is 5.83. The topological polar surface area (TPSA) is 79.3 Å². The number of benzene rings is 2. The molecule has 5 nitrogen and oxygen atoms in total. The monoisotopic (exact) mass is 374 g/mol. The maximum atomic E-state index is 14.0. The van der Waals surface area contributed by atoms with Crippen molar-refractivity contribution in [2.75, 3.05) is 5.32 Å². The van der Waals surface area contributed by atoms with Gasteiger partial charge in [-0.25, -0.2) is 17.2 Å². The van der Waals surface area contributed by atoms with E-state index in [0.29, 0.717) is 33.8 Å². The highest BCUT2D eigenvalue weighted by molar-refractivity contribution is 7.95.